The summed E-state index contributed by atoms with van der Waals surface area (Å²) in [6, 6.07) is 0. The van der Waals surface area contributed by atoms with Crippen LogP contribution in [0.4, 0.5) is 0 Å². The Hall–Kier alpha value is -0.0800. The molecule has 2 nitrogen and oxygen atoms in total. The van der Waals surface area contributed by atoms with Crippen molar-refractivity contribution in [2.24, 2.45) is 11.8 Å². The van der Waals surface area contributed by atoms with Crippen LogP contribution in [-0.4, -0.2) is 26.4 Å². The molecule has 0 aromatic rings. The number of hydrogen-bond donors (Lipinski definition) is 0. The van der Waals surface area contributed by atoms with Gasteiger partial charge >= 0.3 is 0 Å². The Morgan fingerprint density at radius 3 is 1.32 bits per heavy atom. The van der Waals surface area contributed by atoms with Crippen molar-refractivity contribution in [3.63, 3.8) is 0 Å². The average molecular weight is 274 g/mol. The first-order valence-corrected chi connectivity index (χ1v) is 8.48. The van der Waals surface area contributed by atoms with Crippen LogP contribution in [0, 0.1) is 11.8 Å². The zero-order valence-electron chi connectivity index (χ0n) is 14.3. The van der Waals surface area contributed by atoms with E-state index < -0.39 is 0 Å². The minimum Gasteiger partial charge on any atom is -0.381 e. The van der Waals surface area contributed by atoms with Gasteiger partial charge in [-0.15, -0.1) is 0 Å². The van der Waals surface area contributed by atoms with E-state index in [0.29, 0.717) is 0 Å². The van der Waals surface area contributed by atoms with Gasteiger partial charge in [-0.1, -0.05) is 48.0 Å². The van der Waals surface area contributed by atoms with Gasteiger partial charge in [0.05, 0.1) is 0 Å². The van der Waals surface area contributed by atoms with Gasteiger partial charge in [-0.05, 0) is 37.5 Å². The molecule has 0 radical (unpaired) electrons. The molecule has 118 valence electrons. The molecule has 0 unspecified atom stereocenters. The van der Waals surface area contributed by atoms with Crippen LogP contribution in [0.2, 0.25) is 0 Å². The van der Waals surface area contributed by atoms with E-state index in [9.17, 15) is 0 Å². The lowest BCUT2D eigenvalue weighted by Gasteiger charge is -2.19. The Morgan fingerprint density at radius 2 is 1.11 bits per heavy atom. The standard InChI is InChI=1S/C7H14O.C6H12O.2C2H6/c1-2-7-3-5-8-6-4-7;1-6-2-4-7-5-3-6;2*1-2/h7H,2-6H2,1H3;6H,2-5H2,1H3;2*1-2H3. The predicted octanol–water partition coefficient (Wildman–Crippen LogP) is 5.31. The second kappa shape index (κ2) is 17.9. The largest absolute Gasteiger partial charge is 0.381 e. The van der Waals surface area contributed by atoms with Gasteiger partial charge < -0.3 is 9.47 Å². The van der Waals surface area contributed by atoms with Gasteiger partial charge in [-0.3, -0.25) is 0 Å². The summed E-state index contributed by atoms with van der Waals surface area (Å²) >= 11 is 0. The molecule has 2 heteroatoms. The molecule has 2 heterocycles. The van der Waals surface area contributed by atoms with Crippen LogP contribution in [0.3, 0.4) is 0 Å². The zero-order chi connectivity index (χ0) is 14.9. The molecule has 0 aliphatic carbocycles. The van der Waals surface area contributed by atoms with Gasteiger partial charge in [0, 0.05) is 26.4 Å². The van der Waals surface area contributed by atoms with Crippen molar-refractivity contribution in [3.05, 3.63) is 0 Å². The SMILES string of the molecule is CC.CC.CC1CCOCC1.CCC1CCOCC1. The van der Waals surface area contributed by atoms with E-state index >= 15 is 0 Å². The minimum absolute atomic E-state index is 0.911. The smallest absolute Gasteiger partial charge is 0.0468 e. The first-order chi connectivity index (χ1) is 9.33. The fourth-order valence-electron chi connectivity index (χ4n) is 1.97. The van der Waals surface area contributed by atoms with Crippen LogP contribution >= 0.6 is 0 Å². The molecular formula is C17H38O2. The van der Waals surface area contributed by atoms with E-state index in [1.165, 1.54) is 32.1 Å². The molecule has 0 aromatic carbocycles. The molecule has 0 aromatic heterocycles. The highest BCUT2D eigenvalue weighted by Crippen LogP contribution is 2.16. The molecule has 0 spiro atoms. The molecule has 2 aliphatic rings. The molecule has 0 bridgehead atoms. The maximum Gasteiger partial charge on any atom is 0.0468 e. The van der Waals surface area contributed by atoms with Gasteiger partial charge in [-0.2, -0.15) is 0 Å². The summed E-state index contributed by atoms with van der Waals surface area (Å²) in [5, 5.41) is 0. The fourth-order valence-corrected chi connectivity index (χ4v) is 1.97. The molecule has 0 saturated carbocycles. The van der Waals surface area contributed by atoms with E-state index in [1.807, 2.05) is 27.7 Å². The monoisotopic (exact) mass is 274 g/mol. The second-order valence-electron chi connectivity index (χ2n) is 4.76. The average Bonchev–Trinajstić information content (AvgIpc) is 2.53. The summed E-state index contributed by atoms with van der Waals surface area (Å²) < 4.78 is 10.3. The lowest BCUT2D eigenvalue weighted by Crippen LogP contribution is -2.14. The van der Waals surface area contributed by atoms with E-state index in [2.05, 4.69) is 13.8 Å². The Balaban J connectivity index is 0. The summed E-state index contributed by atoms with van der Waals surface area (Å²) in [5.74, 6) is 1.87. The van der Waals surface area contributed by atoms with Crippen LogP contribution in [0.15, 0.2) is 0 Å². The van der Waals surface area contributed by atoms with Crippen molar-refractivity contribution in [2.45, 2.75) is 73.6 Å². The molecular weight excluding hydrogens is 236 g/mol. The van der Waals surface area contributed by atoms with Gasteiger partial charge in [-0.25, -0.2) is 0 Å². The minimum atomic E-state index is 0.911. The van der Waals surface area contributed by atoms with Gasteiger partial charge in [0.1, 0.15) is 0 Å². The normalized spacial score (nSPS) is 19.9. The van der Waals surface area contributed by atoms with Crippen molar-refractivity contribution in [3.8, 4) is 0 Å². The molecule has 0 N–H and O–H groups in total. The third kappa shape index (κ3) is 14.1. The van der Waals surface area contributed by atoms with Crippen molar-refractivity contribution in [1.82, 2.24) is 0 Å². The fraction of sp³-hybridized carbons (Fsp3) is 1.00. The van der Waals surface area contributed by atoms with Crippen molar-refractivity contribution in [2.75, 3.05) is 26.4 Å². The predicted molar refractivity (Wildman–Crippen MR) is 85.7 cm³/mol. The first-order valence-electron chi connectivity index (χ1n) is 8.48. The lowest BCUT2D eigenvalue weighted by molar-refractivity contribution is 0.0654. The molecule has 0 amide bonds. The summed E-state index contributed by atoms with van der Waals surface area (Å²) in [7, 11) is 0. The molecule has 0 atom stereocenters. The Morgan fingerprint density at radius 1 is 0.737 bits per heavy atom. The molecule has 2 saturated heterocycles. The highest BCUT2D eigenvalue weighted by Gasteiger charge is 2.10. The van der Waals surface area contributed by atoms with E-state index in [4.69, 9.17) is 9.47 Å². The summed E-state index contributed by atoms with van der Waals surface area (Å²) in [5.41, 5.74) is 0. The molecule has 2 rings (SSSR count). The van der Waals surface area contributed by atoms with Crippen molar-refractivity contribution in [1.29, 1.82) is 0 Å². The number of rotatable bonds is 1. The van der Waals surface area contributed by atoms with Crippen LogP contribution in [-0.2, 0) is 9.47 Å². The van der Waals surface area contributed by atoms with Crippen molar-refractivity contribution >= 4 is 0 Å². The van der Waals surface area contributed by atoms with Gasteiger partial charge in [0.15, 0.2) is 0 Å². The highest BCUT2D eigenvalue weighted by atomic mass is 16.5. The lowest BCUT2D eigenvalue weighted by atomic mass is 9.98. The highest BCUT2D eigenvalue weighted by molar-refractivity contribution is 4.60. The van der Waals surface area contributed by atoms with Crippen LogP contribution in [0.1, 0.15) is 73.6 Å². The number of ether oxygens (including phenoxy) is 2. The van der Waals surface area contributed by atoms with Crippen molar-refractivity contribution < 1.29 is 9.47 Å². The van der Waals surface area contributed by atoms with E-state index in [1.54, 1.807) is 0 Å². The van der Waals surface area contributed by atoms with E-state index in [0.717, 1.165) is 38.3 Å². The summed E-state index contributed by atoms with van der Waals surface area (Å²) in [6.07, 6.45) is 6.44. The Labute approximate surface area is 122 Å². The summed E-state index contributed by atoms with van der Waals surface area (Å²) in [4.78, 5) is 0. The quantitative estimate of drug-likeness (QED) is 0.645. The first kappa shape index (κ1) is 21.2. The number of hydrogen-bond acceptors (Lipinski definition) is 2. The second-order valence-corrected chi connectivity index (χ2v) is 4.76. The topological polar surface area (TPSA) is 18.5 Å². The molecule has 2 fully saturated rings. The summed E-state index contributed by atoms with van der Waals surface area (Å²) in [6.45, 7) is 16.5. The third-order valence-corrected chi connectivity index (χ3v) is 3.43. The van der Waals surface area contributed by atoms with Crippen LogP contribution in [0.5, 0.6) is 0 Å². The van der Waals surface area contributed by atoms with Gasteiger partial charge in [0.2, 0.25) is 0 Å². The maximum absolute atomic E-state index is 5.20. The van der Waals surface area contributed by atoms with E-state index in [-0.39, 0.29) is 0 Å². The molecule has 2 aliphatic heterocycles. The zero-order valence-corrected chi connectivity index (χ0v) is 14.3. The Kier molecular flexibility index (Phi) is 20.0. The Bertz CT molecular complexity index is 136. The third-order valence-electron chi connectivity index (χ3n) is 3.43. The van der Waals surface area contributed by atoms with Crippen LogP contribution in [0.25, 0.3) is 0 Å². The van der Waals surface area contributed by atoms with Gasteiger partial charge in [0.25, 0.3) is 0 Å². The van der Waals surface area contributed by atoms with Crippen LogP contribution < -0.4 is 0 Å². The maximum atomic E-state index is 5.20. The molecule has 19 heavy (non-hydrogen) atoms.